The molecule has 1 saturated carbocycles. The molecule has 1 aliphatic rings. The molecule has 0 atom stereocenters. The van der Waals surface area contributed by atoms with Gasteiger partial charge < -0.3 is 15.3 Å². The number of carbonyl (C=O) groups excluding carboxylic acids is 1. The molecule has 2 N–H and O–H groups in total. The minimum Gasteiger partial charge on any atom is -0.481 e. The van der Waals surface area contributed by atoms with Crippen LogP contribution in [0.4, 0.5) is 4.79 Å². The molecule has 0 spiro atoms. The van der Waals surface area contributed by atoms with Crippen LogP contribution in [0.1, 0.15) is 39.0 Å². The molecule has 0 aromatic rings. The number of urea groups is 1. The molecule has 0 aromatic heterocycles. The van der Waals surface area contributed by atoms with E-state index in [4.69, 9.17) is 5.11 Å². The molecule has 1 rings (SSSR count). The summed E-state index contributed by atoms with van der Waals surface area (Å²) < 4.78 is 0. The van der Waals surface area contributed by atoms with Crippen LogP contribution in [0, 0.1) is 0 Å². The summed E-state index contributed by atoms with van der Waals surface area (Å²) in [7, 11) is 0. The molecule has 0 aromatic carbocycles. The molecule has 16 heavy (non-hydrogen) atoms. The summed E-state index contributed by atoms with van der Waals surface area (Å²) in [4.78, 5) is 23.7. The molecule has 92 valence electrons. The number of amides is 2. The molecule has 5 nitrogen and oxygen atoms in total. The first kappa shape index (κ1) is 12.8. The Balaban J connectivity index is 2.32. The maximum Gasteiger partial charge on any atom is 0.317 e. The number of aliphatic carboxylic acids is 1. The maximum absolute atomic E-state index is 11.8. The van der Waals surface area contributed by atoms with Gasteiger partial charge in [0.2, 0.25) is 0 Å². The summed E-state index contributed by atoms with van der Waals surface area (Å²) in [6.45, 7) is 2.69. The van der Waals surface area contributed by atoms with Gasteiger partial charge in [0, 0.05) is 19.1 Å². The molecule has 0 heterocycles. The van der Waals surface area contributed by atoms with E-state index in [0.717, 1.165) is 12.8 Å². The highest BCUT2D eigenvalue weighted by molar-refractivity contribution is 5.75. The van der Waals surface area contributed by atoms with Gasteiger partial charge in [0.05, 0.1) is 6.42 Å². The molecule has 1 fully saturated rings. The van der Waals surface area contributed by atoms with Crippen molar-refractivity contribution in [2.75, 3.05) is 13.1 Å². The minimum atomic E-state index is -0.868. The zero-order valence-electron chi connectivity index (χ0n) is 9.74. The van der Waals surface area contributed by atoms with Crippen molar-refractivity contribution in [2.24, 2.45) is 0 Å². The van der Waals surface area contributed by atoms with Gasteiger partial charge in [-0.2, -0.15) is 0 Å². The van der Waals surface area contributed by atoms with Crippen LogP contribution in [-0.2, 0) is 4.79 Å². The Hall–Kier alpha value is -1.26. The smallest absolute Gasteiger partial charge is 0.317 e. The number of nitrogens with zero attached hydrogens (tertiary/aromatic N) is 1. The molecule has 0 aliphatic heterocycles. The van der Waals surface area contributed by atoms with Gasteiger partial charge in [-0.15, -0.1) is 0 Å². The van der Waals surface area contributed by atoms with Crippen molar-refractivity contribution in [3.05, 3.63) is 0 Å². The highest BCUT2D eigenvalue weighted by Crippen LogP contribution is 2.17. The molecule has 2 amide bonds. The van der Waals surface area contributed by atoms with E-state index in [1.165, 1.54) is 12.8 Å². The van der Waals surface area contributed by atoms with E-state index in [-0.39, 0.29) is 25.0 Å². The van der Waals surface area contributed by atoms with Crippen molar-refractivity contribution in [1.29, 1.82) is 0 Å². The van der Waals surface area contributed by atoms with Gasteiger partial charge in [-0.25, -0.2) is 4.79 Å². The number of hydrogen-bond donors (Lipinski definition) is 2. The third kappa shape index (κ3) is 4.08. The third-order valence-electron chi connectivity index (χ3n) is 2.95. The fourth-order valence-corrected chi connectivity index (χ4v) is 1.97. The van der Waals surface area contributed by atoms with Crippen molar-refractivity contribution in [1.82, 2.24) is 10.2 Å². The van der Waals surface area contributed by atoms with Gasteiger partial charge in [0.15, 0.2) is 0 Å². The number of carboxylic acid groups (broad SMARTS) is 1. The molecular formula is C11H20N2O3. The predicted molar refractivity (Wildman–Crippen MR) is 60.3 cm³/mol. The van der Waals surface area contributed by atoms with Crippen molar-refractivity contribution >= 4 is 12.0 Å². The van der Waals surface area contributed by atoms with E-state index in [2.05, 4.69) is 5.32 Å². The fourth-order valence-electron chi connectivity index (χ4n) is 1.97. The van der Waals surface area contributed by atoms with Crippen LogP contribution in [0.15, 0.2) is 0 Å². The van der Waals surface area contributed by atoms with Gasteiger partial charge in [-0.05, 0) is 19.8 Å². The molecule has 0 bridgehead atoms. The Morgan fingerprint density at radius 1 is 1.38 bits per heavy atom. The lowest BCUT2D eigenvalue weighted by Crippen LogP contribution is -2.44. The van der Waals surface area contributed by atoms with E-state index in [9.17, 15) is 9.59 Å². The monoisotopic (exact) mass is 228 g/mol. The molecule has 0 radical (unpaired) electrons. The predicted octanol–water partition coefficient (Wildman–Crippen LogP) is 1.44. The average Bonchev–Trinajstić information content (AvgIpc) is 2.71. The van der Waals surface area contributed by atoms with Crippen LogP contribution in [0.2, 0.25) is 0 Å². The van der Waals surface area contributed by atoms with Crippen molar-refractivity contribution in [3.63, 3.8) is 0 Å². The number of hydrogen-bond acceptors (Lipinski definition) is 2. The second kappa shape index (κ2) is 6.35. The summed E-state index contributed by atoms with van der Waals surface area (Å²) in [6.07, 6.45) is 4.44. The highest BCUT2D eigenvalue weighted by Gasteiger charge is 2.20. The Morgan fingerprint density at radius 2 is 2.00 bits per heavy atom. The number of carboxylic acids is 1. The summed E-state index contributed by atoms with van der Waals surface area (Å²) >= 11 is 0. The Bertz CT molecular complexity index is 250. The second-order valence-corrected chi connectivity index (χ2v) is 4.15. The lowest BCUT2D eigenvalue weighted by molar-refractivity contribution is -0.137. The van der Waals surface area contributed by atoms with Crippen LogP contribution in [0.3, 0.4) is 0 Å². The zero-order valence-corrected chi connectivity index (χ0v) is 9.74. The molecular weight excluding hydrogens is 208 g/mol. The largest absolute Gasteiger partial charge is 0.481 e. The second-order valence-electron chi connectivity index (χ2n) is 4.15. The number of carbonyl (C=O) groups is 2. The molecule has 0 saturated heterocycles. The van der Waals surface area contributed by atoms with E-state index in [0.29, 0.717) is 6.54 Å². The van der Waals surface area contributed by atoms with E-state index in [1.54, 1.807) is 4.90 Å². The number of nitrogens with one attached hydrogen (secondary N) is 1. The van der Waals surface area contributed by atoms with Crippen LogP contribution < -0.4 is 5.32 Å². The SMILES string of the molecule is CCN(CCC(=O)O)C(=O)NC1CCCC1. The van der Waals surface area contributed by atoms with Gasteiger partial charge in [-0.1, -0.05) is 12.8 Å². The molecule has 1 aliphatic carbocycles. The minimum absolute atomic E-state index is 0.00588. The molecule has 5 heteroatoms. The summed E-state index contributed by atoms with van der Waals surface area (Å²) in [5, 5.41) is 11.5. The van der Waals surface area contributed by atoms with E-state index < -0.39 is 5.97 Å². The number of rotatable bonds is 5. The summed E-state index contributed by atoms with van der Waals surface area (Å²) in [6, 6.07) is 0.155. The van der Waals surface area contributed by atoms with Crippen LogP contribution in [0.5, 0.6) is 0 Å². The summed E-state index contributed by atoms with van der Waals surface area (Å²) in [5.74, 6) is -0.868. The first-order valence-electron chi connectivity index (χ1n) is 5.90. The Labute approximate surface area is 95.8 Å². The van der Waals surface area contributed by atoms with Gasteiger partial charge in [-0.3, -0.25) is 4.79 Å². The van der Waals surface area contributed by atoms with Crippen molar-refractivity contribution in [2.45, 2.75) is 45.1 Å². The van der Waals surface area contributed by atoms with E-state index >= 15 is 0 Å². The highest BCUT2D eigenvalue weighted by atomic mass is 16.4. The van der Waals surface area contributed by atoms with Gasteiger partial charge in [0.25, 0.3) is 0 Å². The van der Waals surface area contributed by atoms with E-state index in [1.807, 2.05) is 6.92 Å². The maximum atomic E-state index is 11.8. The van der Waals surface area contributed by atoms with Crippen LogP contribution in [-0.4, -0.2) is 41.1 Å². The lowest BCUT2D eigenvalue weighted by Gasteiger charge is -2.23. The van der Waals surface area contributed by atoms with Crippen molar-refractivity contribution < 1.29 is 14.7 Å². The lowest BCUT2D eigenvalue weighted by atomic mass is 10.2. The van der Waals surface area contributed by atoms with Gasteiger partial charge >= 0.3 is 12.0 Å². The van der Waals surface area contributed by atoms with Crippen molar-refractivity contribution in [3.8, 4) is 0 Å². The first-order valence-corrected chi connectivity index (χ1v) is 5.90. The average molecular weight is 228 g/mol. The quantitative estimate of drug-likeness (QED) is 0.748. The Kier molecular flexibility index (Phi) is 5.08. The first-order chi connectivity index (χ1) is 7.63. The normalized spacial score (nSPS) is 16.1. The molecule has 0 unspecified atom stereocenters. The fraction of sp³-hybridized carbons (Fsp3) is 0.818. The Morgan fingerprint density at radius 3 is 2.50 bits per heavy atom. The van der Waals surface area contributed by atoms with Gasteiger partial charge in [0.1, 0.15) is 0 Å². The zero-order chi connectivity index (χ0) is 12.0. The summed E-state index contributed by atoms with van der Waals surface area (Å²) in [5.41, 5.74) is 0. The third-order valence-corrected chi connectivity index (χ3v) is 2.95. The van der Waals surface area contributed by atoms with Crippen LogP contribution >= 0.6 is 0 Å². The standard InChI is InChI=1S/C11H20N2O3/c1-2-13(8-7-10(14)15)11(16)12-9-5-3-4-6-9/h9H,2-8H2,1H3,(H,12,16)(H,14,15). The van der Waals surface area contributed by atoms with Crippen LogP contribution in [0.25, 0.3) is 0 Å². The topological polar surface area (TPSA) is 69.6 Å².